The Labute approximate surface area is 217 Å². The van der Waals surface area contributed by atoms with Gasteiger partial charge in [-0.15, -0.1) is 0 Å². The summed E-state index contributed by atoms with van der Waals surface area (Å²) < 4.78 is 5.88. The fourth-order valence-electron chi connectivity index (χ4n) is 4.34. The van der Waals surface area contributed by atoms with E-state index in [2.05, 4.69) is 10.6 Å². The smallest absolute Gasteiger partial charge is 0.337 e. The predicted octanol–water partition coefficient (Wildman–Crippen LogP) is 6.02. The molecule has 0 spiro atoms. The van der Waals surface area contributed by atoms with Crippen molar-refractivity contribution in [2.24, 2.45) is 0 Å². The average molecular weight is 511 g/mol. The standard InChI is InChI=1S/C29H22N2O5S/c1-16(17-5-3-2-4-6-17)30-29(37)31-24-12-7-18(13-23(24)28(34)35)27-21-10-8-19(32)14-25(21)36-26-15-20(33)9-11-22(26)27/h2-16,32H,1H3,(H,34,35)(H2,30,31,37)/t16-/m1/s1. The van der Waals surface area contributed by atoms with Crippen molar-refractivity contribution < 1.29 is 19.4 Å². The number of carboxylic acid groups (broad SMARTS) is 1. The fraction of sp³-hybridized carbons (Fsp3) is 0.0690. The van der Waals surface area contributed by atoms with Gasteiger partial charge in [0.05, 0.1) is 17.3 Å². The SMILES string of the molecule is C[C@@H](NC(=S)Nc1ccc(-c2c3ccc(=O)cc-3oc3cc(O)ccc23)cc1C(=O)O)c1ccccc1. The molecule has 0 fully saturated rings. The Morgan fingerprint density at radius 3 is 2.51 bits per heavy atom. The summed E-state index contributed by atoms with van der Waals surface area (Å²) in [6, 6.07) is 23.8. The number of nitrogens with one attached hydrogen (secondary N) is 2. The van der Waals surface area contributed by atoms with E-state index in [0.29, 0.717) is 44.2 Å². The lowest BCUT2D eigenvalue weighted by atomic mass is 9.92. The zero-order valence-electron chi connectivity index (χ0n) is 19.7. The van der Waals surface area contributed by atoms with Gasteiger partial charge in [-0.05, 0) is 66.7 Å². The first-order valence-corrected chi connectivity index (χ1v) is 11.9. The van der Waals surface area contributed by atoms with E-state index in [4.69, 9.17) is 16.6 Å². The van der Waals surface area contributed by atoms with Crippen molar-refractivity contribution in [2.75, 3.05) is 5.32 Å². The normalized spacial score (nSPS) is 11.8. The number of anilines is 1. The van der Waals surface area contributed by atoms with Gasteiger partial charge in [-0.25, -0.2) is 4.79 Å². The summed E-state index contributed by atoms with van der Waals surface area (Å²) in [5, 5.41) is 27.1. The number of hydrogen-bond acceptors (Lipinski definition) is 5. The topological polar surface area (TPSA) is 112 Å². The predicted molar refractivity (Wildman–Crippen MR) is 147 cm³/mol. The first kappa shape index (κ1) is 24.0. The number of aromatic hydroxyl groups is 1. The molecule has 5 rings (SSSR count). The quantitative estimate of drug-likeness (QED) is 0.168. The van der Waals surface area contributed by atoms with Crippen LogP contribution in [0.5, 0.6) is 5.75 Å². The maximum absolute atomic E-state index is 12.3. The highest BCUT2D eigenvalue weighted by atomic mass is 32.1. The molecule has 7 nitrogen and oxygen atoms in total. The van der Waals surface area contributed by atoms with Crippen LogP contribution >= 0.6 is 12.2 Å². The largest absolute Gasteiger partial charge is 0.508 e. The molecule has 1 heterocycles. The molecular weight excluding hydrogens is 488 g/mol. The fourth-order valence-corrected chi connectivity index (χ4v) is 4.62. The van der Waals surface area contributed by atoms with E-state index >= 15 is 0 Å². The Morgan fingerprint density at radius 1 is 0.973 bits per heavy atom. The van der Waals surface area contributed by atoms with Crippen molar-refractivity contribution in [3.05, 3.63) is 106 Å². The first-order chi connectivity index (χ1) is 17.8. The molecule has 3 aromatic carbocycles. The second-order valence-corrected chi connectivity index (χ2v) is 9.02. The molecule has 1 aliphatic heterocycles. The van der Waals surface area contributed by atoms with Crippen molar-refractivity contribution in [3.8, 4) is 28.2 Å². The van der Waals surface area contributed by atoms with E-state index in [-0.39, 0.29) is 22.8 Å². The van der Waals surface area contributed by atoms with Crippen molar-refractivity contribution in [3.63, 3.8) is 0 Å². The molecule has 4 N–H and O–H groups in total. The Morgan fingerprint density at radius 2 is 1.76 bits per heavy atom. The summed E-state index contributed by atoms with van der Waals surface area (Å²) in [7, 11) is 0. The summed E-state index contributed by atoms with van der Waals surface area (Å²) in [6.07, 6.45) is 0. The molecule has 0 aromatic heterocycles. The second kappa shape index (κ2) is 9.75. The third-order valence-corrected chi connectivity index (χ3v) is 6.33. The van der Waals surface area contributed by atoms with Crippen LogP contribution in [-0.2, 0) is 0 Å². The maximum Gasteiger partial charge on any atom is 0.337 e. The molecule has 37 heavy (non-hydrogen) atoms. The number of aromatic carboxylic acids is 1. The van der Waals surface area contributed by atoms with Crippen LogP contribution in [0.4, 0.5) is 5.69 Å². The Kier molecular flexibility index (Phi) is 6.33. The summed E-state index contributed by atoms with van der Waals surface area (Å²) in [6.45, 7) is 1.96. The molecule has 8 heteroatoms. The highest BCUT2D eigenvalue weighted by molar-refractivity contribution is 7.80. The lowest BCUT2D eigenvalue weighted by molar-refractivity contribution is 0.0698. The molecule has 0 saturated carbocycles. The number of hydrogen-bond donors (Lipinski definition) is 4. The molecule has 0 amide bonds. The minimum absolute atomic E-state index is 0.0105. The lowest BCUT2D eigenvalue weighted by Crippen LogP contribution is -2.31. The van der Waals surface area contributed by atoms with Gasteiger partial charge < -0.3 is 25.3 Å². The number of thiocarbonyl (C=S) groups is 1. The molecule has 1 aliphatic carbocycles. The Hall–Kier alpha value is -4.69. The Balaban J connectivity index is 1.55. The highest BCUT2D eigenvalue weighted by Gasteiger charge is 2.20. The van der Waals surface area contributed by atoms with Gasteiger partial charge in [-0.3, -0.25) is 4.79 Å². The number of carbonyl (C=O) groups is 1. The van der Waals surface area contributed by atoms with Crippen molar-refractivity contribution in [1.82, 2.24) is 5.32 Å². The van der Waals surface area contributed by atoms with Gasteiger partial charge in [0.1, 0.15) is 17.1 Å². The third kappa shape index (κ3) is 4.87. The van der Waals surface area contributed by atoms with Crippen LogP contribution in [-0.4, -0.2) is 21.3 Å². The molecule has 3 aromatic rings. The van der Waals surface area contributed by atoms with Crippen molar-refractivity contribution >= 4 is 40.0 Å². The van der Waals surface area contributed by atoms with Crippen LogP contribution in [0.2, 0.25) is 0 Å². The van der Waals surface area contributed by atoms with Crippen molar-refractivity contribution in [1.29, 1.82) is 0 Å². The minimum Gasteiger partial charge on any atom is -0.508 e. The zero-order valence-corrected chi connectivity index (χ0v) is 20.5. The van der Waals surface area contributed by atoms with Crippen LogP contribution in [0.25, 0.3) is 33.4 Å². The van der Waals surface area contributed by atoms with Gasteiger partial charge in [-0.1, -0.05) is 36.4 Å². The monoisotopic (exact) mass is 510 g/mol. The number of carboxylic acids is 1. The number of rotatable bonds is 5. The zero-order chi connectivity index (χ0) is 26.1. The summed E-state index contributed by atoms with van der Waals surface area (Å²) >= 11 is 5.45. The number of benzene rings is 4. The average Bonchev–Trinajstić information content (AvgIpc) is 2.87. The van der Waals surface area contributed by atoms with E-state index in [1.807, 2.05) is 37.3 Å². The van der Waals surface area contributed by atoms with Crippen LogP contribution in [0, 0.1) is 0 Å². The molecule has 0 bridgehead atoms. The molecule has 0 saturated heterocycles. The van der Waals surface area contributed by atoms with Gasteiger partial charge in [0.15, 0.2) is 10.5 Å². The maximum atomic E-state index is 12.3. The van der Waals surface area contributed by atoms with Gasteiger partial charge in [0.25, 0.3) is 0 Å². The molecule has 184 valence electrons. The molecule has 2 aliphatic rings. The van der Waals surface area contributed by atoms with Crippen LogP contribution in [0.1, 0.15) is 28.9 Å². The molecular formula is C29H22N2O5S. The Bertz CT molecular complexity index is 1680. The van der Waals surface area contributed by atoms with Gasteiger partial charge in [0.2, 0.25) is 0 Å². The van der Waals surface area contributed by atoms with Gasteiger partial charge in [0, 0.05) is 28.6 Å². The minimum atomic E-state index is -1.13. The second-order valence-electron chi connectivity index (χ2n) is 8.61. The van der Waals surface area contributed by atoms with Crippen LogP contribution < -0.4 is 16.1 Å². The van der Waals surface area contributed by atoms with Gasteiger partial charge in [-0.2, -0.15) is 0 Å². The van der Waals surface area contributed by atoms with E-state index in [0.717, 1.165) is 5.56 Å². The summed E-state index contributed by atoms with van der Waals surface area (Å²) in [4.78, 5) is 24.2. The number of phenolic OH excluding ortho intramolecular Hbond substituents is 1. The summed E-state index contributed by atoms with van der Waals surface area (Å²) in [5.41, 5.74) is 3.48. The van der Waals surface area contributed by atoms with Crippen LogP contribution in [0.3, 0.4) is 0 Å². The number of phenols is 1. The summed E-state index contributed by atoms with van der Waals surface area (Å²) in [5.74, 6) is -0.784. The van der Waals surface area contributed by atoms with Crippen LogP contribution in [0.15, 0.2) is 94.1 Å². The number of fused-ring (bicyclic) bond motifs is 2. The van der Waals surface area contributed by atoms with E-state index in [1.54, 1.807) is 30.3 Å². The lowest BCUT2D eigenvalue weighted by Gasteiger charge is -2.19. The molecule has 0 unspecified atom stereocenters. The third-order valence-electron chi connectivity index (χ3n) is 6.11. The first-order valence-electron chi connectivity index (χ1n) is 11.5. The molecule has 0 radical (unpaired) electrons. The van der Waals surface area contributed by atoms with Crippen molar-refractivity contribution in [2.45, 2.75) is 13.0 Å². The van der Waals surface area contributed by atoms with E-state index in [1.165, 1.54) is 24.3 Å². The van der Waals surface area contributed by atoms with Gasteiger partial charge >= 0.3 is 5.97 Å². The highest BCUT2D eigenvalue weighted by Crippen LogP contribution is 2.41. The van der Waals surface area contributed by atoms with E-state index in [9.17, 15) is 19.8 Å². The molecule has 1 atom stereocenters. The van der Waals surface area contributed by atoms with E-state index < -0.39 is 5.97 Å².